The zero-order valence-corrected chi connectivity index (χ0v) is 36.5. The second-order valence-electron chi connectivity index (χ2n) is 15.6. The van der Waals surface area contributed by atoms with E-state index in [2.05, 4.69) is 72.7 Å². The van der Waals surface area contributed by atoms with E-state index in [0.29, 0.717) is 95.6 Å². The van der Waals surface area contributed by atoms with Crippen LogP contribution in [-0.2, 0) is 0 Å². The number of halogens is 4. The summed E-state index contributed by atoms with van der Waals surface area (Å²) in [6.45, 7) is 7.56. The molecule has 0 aliphatic carbocycles. The van der Waals surface area contributed by atoms with Crippen LogP contribution in [0.1, 0.15) is 25.7 Å². The van der Waals surface area contributed by atoms with Crippen LogP contribution in [0.15, 0.2) is 86.5 Å². The fourth-order valence-corrected chi connectivity index (χ4v) is 8.11. The molecule has 21 heteroatoms. The molecule has 65 heavy (non-hydrogen) atoms. The van der Waals surface area contributed by atoms with E-state index in [9.17, 15) is 18.4 Å². The zero-order valence-electron chi connectivity index (χ0n) is 35.0. The van der Waals surface area contributed by atoms with Gasteiger partial charge in [0.05, 0.1) is 34.3 Å². The van der Waals surface area contributed by atoms with Gasteiger partial charge in [-0.2, -0.15) is 0 Å². The molecule has 0 radical (unpaired) electrons. The first-order valence-electron chi connectivity index (χ1n) is 21.0. The number of H-pyrrole nitrogens is 2. The van der Waals surface area contributed by atoms with Crippen molar-refractivity contribution in [2.45, 2.75) is 25.7 Å². The van der Waals surface area contributed by atoms with Crippen molar-refractivity contribution in [3.8, 4) is 22.8 Å². The highest BCUT2D eigenvalue weighted by Gasteiger charge is 2.26. The smallest absolute Gasteiger partial charge is 0.321 e. The number of aromatic amines is 2. The predicted molar refractivity (Wildman–Crippen MR) is 247 cm³/mol. The average molecular weight is 925 g/mol. The van der Waals surface area contributed by atoms with Crippen LogP contribution in [0.3, 0.4) is 0 Å². The second kappa shape index (κ2) is 20.7. The lowest BCUT2D eigenvalue weighted by Crippen LogP contribution is -2.46. The Hall–Kier alpha value is -6.99. The summed E-state index contributed by atoms with van der Waals surface area (Å²) in [7, 11) is 0. The molecule has 9 heterocycles. The van der Waals surface area contributed by atoms with Crippen LogP contribution in [0, 0.1) is 23.5 Å². The molecule has 2 fully saturated rings. The normalized spacial score (nSPS) is 16.1. The van der Waals surface area contributed by atoms with E-state index in [4.69, 9.17) is 23.2 Å². The molecule has 336 valence electrons. The van der Waals surface area contributed by atoms with Crippen LogP contribution in [-0.4, -0.2) is 113 Å². The van der Waals surface area contributed by atoms with Crippen LogP contribution in [0.5, 0.6) is 0 Å². The predicted octanol–water partition coefficient (Wildman–Crippen LogP) is 8.40. The molecule has 9 rings (SSSR count). The molecule has 0 aromatic carbocycles. The molecule has 2 saturated heterocycles. The van der Waals surface area contributed by atoms with E-state index in [0.717, 1.165) is 48.8 Å². The largest absolute Gasteiger partial charge is 0.367 e. The highest BCUT2D eigenvalue weighted by molar-refractivity contribution is 6.31. The molecule has 0 spiro atoms. The number of hydrogen-bond donors (Lipinski definition) is 6. The number of nitrogens with zero attached hydrogens (tertiary/aromatic N) is 9. The maximum Gasteiger partial charge on any atom is 0.321 e. The third kappa shape index (κ3) is 11.0. The van der Waals surface area contributed by atoms with Gasteiger partial charge in [0.15, 0.2) is 34.9 Å². The number of anilines is 3. The molecular formula is C44H45Cl2F2N15O2. The maximum atomic E-state index is 14.5. The first kappa shape index (κ1) is 44.6. The number of rotatable bonds is 11. The van der Waals surface area contributed by atoms with E-state index in [-0.39, 0.29) is 35.5 Å². The van der Waals surface area contributed by atoms with Gasteiger partial charge in [0.1, 0.15) is 11.3 Å². The Labute approximate surface area is 381 Å². The summed E-state index contributed by atoms with van der Waals surface area (Å²) in [6.07, 6.45) is 17.4. The number of nitrogens with one attached hydrogen (secondary N) is 6. The van der Waals surface area contributed by atoms with Gasteiger partial charge in [-0.3, -0.25) is 4.98 Å². The second-order valence-corrected chi connectivity index (χ2v) is 16.5. The van der Waals surface area contributed by atoms with Crippen molar-refractivity contribution >= 4 is 74.7 Å². The van der Waals surface area contributed by atoms with Crippen molar-refractivity contribution < 1.29 is 18.4 Å². The number of likely N-dealkylation sites (tertiary alicyclic amines) is 2. The number of urea groups is 2. The molecule has 0 bridgehead atoms. The summed E-state index contributed by atoms with van der Waals surface area (Å²) in [5.41, 5.74) is 3.32. The van der Waals surface area contributed by atoms with Crippen molar-refractivity contribution in [3.63, 3.8) is 0 Å². The summed E-state index contributed by atoms with van der Waals surface area (Å²) < 4.78 is 28.9. The average Bonchev–Trinajstić information content (AvgIpc) is 3.95. The van der Waals surface area contributed by atoms with Crippen LogP contribution < -0.4 is 21.3 Å². The molecule has 4 amide bonds. The minimum Gasteiger partial charge on any atom is -0.367 e. The van der Waals surface area contributed by atoms with E-state index in [1.165, 1.54) is 0 Å². The first-order valence-corrected chi connectivity index (χ1v) is 21.8. The number of aromatic nitrogens is 9. The Kier molecular flexibility index (Phi) is 14.2. The van der Waals surface area contributed by atoms with Crippen LogP contribution in [0.4, 0.5) is 35.7 Å². The Balaban J connectivity index is 0.000000178. The molecule has 2 unspecified atom stereocenters. The molecular weight excluding hydrogens is 879 g/mol. The van der Waals surface area contributed by atoms with Gasteiger partial charge in [0.2, 0.25) is 0 Å². The highest BCUT2D eigenvalue weighted by atomic mass is 35.5. The minimum atomic E-state index is -0.540. The van der Waals surface area contributed by atoms with Gasteiger partial charge in [-0.15, -0.1) is 6.58 Å². The zero-order chi connectivity index (χ0) is 45.3. The van der Waals surface area contributed by atoms with Crippen LogP contribution in [0.2, 0.25) is 10.0 Å². The van der Waals surface area contributed by atoms with Gasteiger partial charge < -0.3 is 41.0 Å². The maximum absolute atomic E-state index is 14.5. The number of amides is 4. The summed E-state index contributed by atoms with van der Waals surface area (Å²) in [5.74, 6) is 0.250. The third-order valence-corrected chi connectivity index (χ3v) is 11.4. The standard InChI is InChI=1S/C23H22ClFN8O.C21H23ClFN7O/c24-15-7-17-18(11-29-20(17)28-9-15)21-30-12-19(25)22(32-21)27-8-14-3-2-6-33(13-14)23(34)31-16-4-1-5-26-10-16;1-2-5-24-21(31)30-6-3-4-13(12-30)8-25-20-17(23)11-28-19(29-20)16-10-27-18-15(16)7-14(22)9-26-18/h1,4-5,7,9-12,14H,2-3,6,8,13H2,(H,28,29)(H,31,34)(H,27,30,32);2,7,9-11,13H,1,3-6,8,12H2,(H,24,31)(H,26,27)(H,25,28,29). The molecule has 2 aliphatic rings. The Morgan fingerprint density at radius 2 is 1.31 bits per heavy atom. The van der Waals surface area contributed by atoms with Gasteiger partial charge >= 0.3 is 12.1 Å². The fraction of sp³-hybridized carbons (Fsp3) is 0.295. The quantitative estimate of drug-likeness (QED) is 0.0679. The number of hydrogen-bond acceptors (Lipinski definition) is 11. The van der Waals surface area contributed by atoms with Crippen LogP contribution in [0.25, 0.3) is 44.8 Å². The number of pyridine rings is 3. The summed E-state index contributed by atoms with van der Waals surface area (Å²) in [4.78, 5) is 64.0. The fourth-order valence-electron chi connectivity index (χ4n) is 7.79. The van der Waals surface area contributed by atoms with Gasteiger partial charge in [-0.05, 0) is 61.8 Å². The van der Waals surface area contributed by atoms with E-state index < -0.39 is 11.6 Å². The highest BCUT2D eigenvalue weighted by Crippen LogP contribution is 2.30. The number of fused-ring (bicyclic) bond motifs is 2. The number of carbonyl (C=O) groups is 2. The molecule has 17 nitrogen and oxygen atoms in total. The van der Waals surface area contributed by atoms with Crippen molar-refractivity contribution in [2.75, 3.05) is 61.8 Å². The van der Waals surface area contributed by atoms with E-state index in [1.54, 1.807) is 77.3 Å². The van der Waals surface area contributed by atoms with Gasteiger partial charge in [-0.25, -0.2) is 48.3 Å². The van der Waals surface area contributed by atoms with Crippen LogP contribution >= 0.6 is 23.2 Å². The molecule has 0 saturated carbocycles. The molecule has 6 N–H and O–H groups in total. The Morgan fingerprint density at radius 1 is 0.769 bits per heavy atom. The lowest BCUT2D eigenvalue weighted by Gasteiger charge is -2.33. The topological polar surface area (TPSA) is 211 Å². The van der Waals surface area contributed by atoms with E-state index in [1.807, 2.05) is 0 Å². The van der Waals surface area contributed by atoms with Gasteiger partial charge in [-0.1, -0.05) is 29.3 Å². The van der Waals surface area contributed by atoms with E-state index >= 15 is 0 Å². The molecule has 7 aromatic heterocycles. The Bertz CT molecular complexity index is 2790. The lowest BCUT2D eigenvalue weighted by atomic mass is 9.98. The third-order valence-electron chi connectivity index (χ3n) is 11.0. The summed E-state index contributed by atoms with van der Waals surface area (Å²) in [5, 5.41) is 14.4. The molecule has 7 aromatic rings. The monoisotopic (exact) mass is 923 g/mol. The van der Waals surface area contributed by atoms with Gasteiger partial charge in [0.25, 0.3) is 0 Å². The lowest BCUT2D eigenvalue weighted by molar-refractivity contribution is 0.169. The summed E-state index contributed by atoms with van der Waals surface area (Å²) >= 11 is 12.1. The Morgan fingerprint density at radius 3 is 1.82 bits per heavy atom. The van der Waals surface area contributed by atoms with Crippen molar-refractivity contribution in [2.24, 2.45) is 11.8 Å². The number of carbonyl (C=O) groups excluding carboxylic acids is 2. The van der Waals surface area contributed by atoms with Gasteiger partial charge in [0, 0.05) is 98.7 Å². The SMILES string of the molecule is C=CCNC(=O)N1CCCC(CNc2nc(-c3c[nH]c4ncc(Cl)cc34)ncc2F)C1.O=C(Nc1cccnc1)N1CCCC(CNc2nc(-c3c[nH]c4ncc(Cl)cc34)ncc2F)C1. The first-order chi connectivity index (χ1) is 31.6. The number of piperidine rings is 2. The van der Waals surface area contributed by atoms with Crippen molar-refractivity contribution in [3.05, 3.63) is 108 Å². The van der Waals surface area contributed by atoms with Crippen molar-refractivity contribution in [1.29, 1.82) is 0 Å². The van der Waals surface area contributed by atoms with Crippen molar-refractivity contribution in [1.82, 2.24) is 60.0 Å². The summed E-state index contributed by atoms with van der Waals surface area (Å²) in [6, 6.07) is 6.82. The minimum absolute atomic E-state index is 0.105. The molecule has 2 aliphatic heterocycles. The molecule has 2 atom stereocenters.